The minimum Gasteiger partial charge on any atom is -0.481 e. The van der Waals surface area contributed by atoms with Crippen LogP contribution in [0.15, 0.2) is 18.3 Å². The van der Waals surface area contributed by atoms with Crippen molar-refractivity contribution in [1.29, 1.82) is 0 Å². The molecule has 2 rings (SSSR count). The summed E-state index contributed by atoms with van der Waals surface area (Å²) in [6, 6.07) is 3.36. The summed E-state index contributed by atoms with van der Waals surface area (Å²) in [4.78, 5) is 29.0. The second kappa shape index (κ2) is 4.87. The van der Waals surface area contributed by atoms with Gasteiger partial charge in [-0.1, -0.05) is 13.8 Å². The van der Waals surface area contributed by atoms with Gasteiger partial charge in [-0.2, -0.15) is 0 Å². The van der Waals surface area contributed by atoms with Crippen molar-refractivity contribution < 1.29 is 19.4 Å². The third-order valence-electron chi connectivity index (χ3n) is 3.23. The molecule has 0 saturated heterocycles. The number of amides is 1. The van der Waals surface area contributed by atoms with Gasteiger partial charge in [0.25, 0.3) is 5.91 Å². The van der Waals surface area contributed by atoms with E-state index in [2.05, 4.69) is 4.98 Å². The van der Waals surface area contributed by atoms with Gasteiger partial charge in [0.15, 0.2) is 17.7 Å². The molecule has 19 heavy (non-hydrogen) atoms. The lowest BCUT2D eigenvalue weighted by molar-refractivity contribution is -0.151. The van der Waals surface area contributed by atoms with Gasteiger partial charge in [0.1, 0.15) is 5.92 Å². The molecule has 1 aliphatic heterocycles. The van der Waals surface area contributed by atoms with E-state index >= 15 is 0 Å². The fraction of sp³-hybridized carbons (Fsp3) is 0.462. The highest BCUT2D eigenvalue weighted by Crippen LogP contribution is 2.34. The zero-order chi connectivity index (χ0) is 14.2. The average molecular weight is 264 g/mol. The monoisotopic (exact) mass is 264 g/mol. The van der Waals surface area contributed by atoms with Gasteiger partial charge in [0.2, 0.25) is 0 Å². The van der Waals surface area contributed by atoms with Crippen LogP contribution in [-0.2, 0) is 9.59 Å². The molecule has 1 N–H and O–H groups in total. The van der Waals surface area contributed by atoms with Crippen molar-refractivity contribution in [3.63, 3.8) is 0 Å². The molecule has 0 radical (unpaired) electrons. The van der Waals surface area contributed by atoms with E-state index in [1.54, 1.807) is 39.2 Å². The number of carboxylic acid groups (broad SMARTS) is 1. The Morgan fingerprint density at radius 3 is 2.79 bits per heavy atom. The predicted octanol–water partition coefficient (Wildman–Crippen LogP) is 1.16. The fourth-order valence-corrected chi connectivity index (χ4v) is 2.20. The third kappa shape index (κ3) is 2.25. The van der Waals surface area contributed by atoms with Gasteiger partial charge in [-0.15, -0.1) is 0 Å². The number of aliphatic carboxylic acids is 1. The minimum atomic E-state index is -1.03. The smallest absolute Gasteiger partial charge is 0.311 e. The summed E-state index contributed by atoms with van der Waals surface area (Å²) in [7, 11) is 1.57. The van der Waals surface area contributed by atoms with E-state index in [-0.39, 0.29) is 11.8 Å². The lowest BCUT2D eigenvalue weighted by Gasteiger charge is -2.34. The van der Waals surface area contributed by atoms with Gasteiger partial charge in [-0.05, 0) is 18.1 Å². The van der Waals surface area contributed by atoms with Crippen molar-refractivity contribution in [2.45, 2.75) is 20.0 Å². The molecular weight excluding hydrogens is 248 g/mol. The topological polar surface area (TPSA) is 79.7 Å². The van der Waals surface area contributed by atoms with Crippen LogP contribution in [0.3, 0.4) is 0 Å². The molecule has 1 aliphatic rings. The normalized spacial score (nSPS) is 19.9. The Morgan fingerprint density at radius 1 is 1.53 bits per heavy atom. The van der Waals surface area contributed by atoms with E-state index in [1.807, 2.05) is 0 Å². The number of carbonyl (C=O) groups is 2. The van der Waals surface area contributed by atoms with Gasteiger partial charge in [-0.3, -0.25) is 14.5 Å². The lowest BCUT2D eigenvalue weighted by atomic mass is 9.89. The number of carboxylic acids is 1. The number of hydrogen-bond acceptors (Lipinski definition) is 4. The Morgan fingerprint density at radius 2 is 2.21 bits per heavy atom. The van der Waals surface area contributed by atoms with Crippen molar-refractivity contribution in [1.82, 2.24) is 4.98 Å². The van der Waals surface area contributed by atoms with Crippen LogP contribution in [0.4, 0.5) is 5.82 Å². The van der Waals surface area contributed by atoms with Gasteiger partial charge in [0.05, 0.1) is 0 Å². The summed E-state index contributed by atoms with van der Waals surface area (Å²) in [6.45, 7) is 3.52. The van der Waals surface area contributed by atoms with Crippen LogP contribution < -0.4 is 9.64 Å². The molecule has 102 valence electrons. The number of carbonyl (C=O) groups excluding carboxylic acids is 1. The van der Waals surface area contributed by atoms with Crippen LogP contribution in [-0.4, -0.2) is 35.1 Å². The lowest BCUT2D eigenvalue weighted by Crippen LogP contribution is -2.51. The van der Waals surface area contributed by atoms with Crippen LogP contribution in [0.5, 0.6) is 5.75 Å². The molecule has 2 heterocycles. The van der Waals surface area contributed by atoms with Crippen LogP contribution in [0.25, 0.3) is 0 Å². The highest BCUT2D eigenvalue weighted by atomic mass is 16.5. The number of hydrogen-bond donors (Lipinski definition) is 1. The first-order valence-corrected chi connectivity index (χ1v) is 6.05. The molecular formula is C13H16N2O4. The molecule has 2 atom stereocenters. The van der Waals surface area contributed by atoms with Crippen LogP contribution >= 0.6 is 0 Å². The molecule has 0 bridgehead atoms. The Bertz CT molecular complexity index is 515. The molecule has 0 spiro atoms. The SMILES string of the molecule is CC(C)C(C(=O)O)C1Oc2cccnc2N(C)C1=O. The van der Waals surface area contributed by atoms with Crippen molar-refractivity contribution in [2.24, 2.45) is 11.8 Å². The van der Waals surface area contributed by atoms with E-state index in [0.29, 0.717) is 11.6 Å². The maximum atomic E-state index is 12.2. The Kier molecular flexibility index (Phi) is 3.42. The Labute approximate surface area is 111 Å². The summed E-state index contributed by atoms with van der Waals surface area (Å²) in [6.07, 6.45) is 0.544. The van der Waals surface area contributed by atoms with Crippen molar-refractivity contribution in [2.75, 3.05) is 11.9 Å². The molecule has 2 unspecified atom stereocenters. The molecule has 0 fully saturated rings. The molecule has 6 nitrogen and oxygen atoms in total. The number of likely N-dealkylation sites (N-methyl/N-ethyl adjacent to an activating group) is 1. The number of pyridine rings is 1. The number of rotatable bonds is 3. The third-order valence-corrected chi connectivity index (χ3v) is 3.23. The first-order chi connectivity index (χ1) is 8.93. The zero-order valence-electron chi connectivity index (χ0n) is 11.0. The average Bonchev–Trinajstić information content (AvgIpc) is 2.34. The van der Waals surface area contributed by atoms with E-state index in [4.69, 9.17) is 4.74 Å². The predicted molar refractivity (Wildman–Crippen MR) is 68.0 cm³/mol. The first-order valence-electron chi connectivity index (χ1n) is 6.05. The van der Waals surface area contributed by atoms with E-state index in [0.717, 1.165) is 0 Å². The number of fused-ring (bicyclic) bond motifs is 1. The largest absolute Gasteiger partial charge is 0.481 e. The van der Waals surface area contributed by atoms with E-state index in [1.165, 1.54) is 4.90 Å². The zero-order valence-corrected chi connectivity index (χ0v) is 11.0. The van der Waals surface area contributed by atoms with E-state index in [9.17, 15) is 14.7 Å². The van der Waals surface area contributed by atoms with Gasteiger partial charge in [0, 0.05) is 13.2 Å². The second-order valence-corrected chi connectivity index (χ2v) is 4.87. The van der Waals surface area contributed by atoms with Gasteiger partial charge in [-0.25, -0.2) is 4.98 Å². The molecule has 0 aliphatic carbocycles. The minimum absolute atomic E-state index is 0.210. The van der Waals surface area contributed by atoms with Crippen LogP contribution in [0.1, 0.15) is 13.8 Å². The molecule has 1 aromatic heterocycles. The summed E-state index contributed by atoms with van der Waals surface area (Å²) in [5.74, 6) is -1.67. The number of aromatic nitrogens is 1. The molecule has 1 amide bonds. The molecule has 0 saturated carbocycles. The maximum Gasteiger partial charge on any atom is 0.311 e. The van der Waals surface area contributed by atoms with Crippen molar-refractivity contribution in [3.05, 3.63) is 18.3 Å². The summed E-state index contributed by atoms with van der Waals surface area (Å²) >= 11 is 0. The van der Waals surface area contributed by atoms with Crippen LogP contribution in [0, 0.1) is 11.8 Å². The molecule has 1 aromatic rings. The number of anilines is 1. The van der Waals surface area contributed by atoms with Gasteiger partial charge >= 0.3 is 5.97 Å². The standard InChI is InChI=1S/C13H16N2O4/c1-7(2)9(13(17)18)10-12(16)15(3)11-8(19-10)5-4-6-14-11/h4-7,9-10H,1-3H3,(H,17,18). The van der Waals surface area contributed by atoms with E-state index < -0.39 is 18.0 Å². The number of nitrogens with zero attached hydrogens (tertiary/aromatic N) is 2. The Hall–Kier alpha value is -2.11. The highest BCUT2D eigenvalue weighted by molar-refractivity contribution is 6.00. The maximum absolute atomic E-state index is 12.2. The molecule has 6 heteroatoms. The number of ether oxygens (including phenoxy) is 1. The fourth-order valence-electron chi connectivity index (χ4n) is 2.20. The van der Waals surface area contributed by atoms with Crippen molar-refractivity contribution in [3.8, 4) is 5.75 Å². The quantitative estimate of drug-likeness (QED) is 0.886. The van der Waals surface area contributed by atoms with Crippen molar-refractivity contribution >= 4 is 17.7 Å². The summed E-state index contributed by atoms with van der Waals surface area (Å²) in [5.41, 5.74) is 0. The highest BCUT2D eigenvalue weighted by Gasteiger charge is 2.43. The van der Waals surface area contributed by atoms with Gasteiger partial charge < -0.3 is 9.84 Å². The first kappa shape index (κ1) is 13.3. The second-order valence-electron chi connectivity index (χ2n) is 4.87. The van der Waals surface area contributed by atoms with Crippen LogP contribution in [0.2, 0.25) is 0 Å². The summed E-state index contributed by atoms with van der Waals surface area (Å²) in [5, 5.41) is 9.28. The molecule has 0 aromatic carbocycles. The Balaban J connectivity index is 2.40. The summed E-state index contributed by atoms with van der Waals surface area (Å²) < 4.78 is 5.56.